The molecule has 1 saturated heterocycles. The molecule has 2 atom stereocenters. The summed E-state index contributed by atoms with van der Waals surface area (Å²) in [7, 11) is 0. The average Bonchev–Trinajstić information content (AvgIpc) is 2.82. The molecule has 2 aromatic rings. The fraction of sp³-hybridized carbons (Fsp3) is 0.556. The van der Waals surface area contributed by atoms with Crippen LogP contribution in [0.5, 0.6) is 0 Å². The van der Waals surface area contributed by atoms with Crippen LogP contribution < -0.4 is 5.32 Å². The predicted octanol–water partition coefficient (Wildman–Crippen LogP) is 5.03. The Labute approximate surface area is 188 Å². The van der Waals surface area contributed by atoms with Gasteiger partial charge in [-0.3, -0.25) is 4.90 Å². The molecule has 0 aliphatic carbocycles. The van der Waals surface area contributed by atoms with Gasteiger partial charge in [-0.2, -0.15) is 0 Å². The van der Waals surface area contributed by atoms with Crippen molar-refractivity contribution in [3.05, 3.63) is 65.7 Å². The Morgan fingerprint density at radius 3 is 2.29 bits per heavy atom. The first-order valence-corrected chi connectivity index (χ1v) is 12.1. The molecule has 0 saturated carbocycles. The van der Waals surface area contributed by atoms with Crippen molar-refractivity contribution >= 4 is 5.69 Å². The van der Waals surface area contributed by atoms with Gasteiger partial charge in [0.15, 0.2) is 0 Å². The molecule has 4 heteroatoms. The summed E-state index contributed by atoms with van der Waals surface area (Å²) in [6, 6.07) is 19.2. The summed E-state index contributed by atoms with van der Waals surface area (Å²) in [6.07, 6.45) is 7.35. The van der Waals surface area contributed by atoms with Crippen LogP contribution in [0, 0.1) is 5.92 Å². The van der Waals surface area contributed by atoms with Crippen LogP contribution in [0.25, 0.3) is 0 Å². The SMILES string of the molecule is C[C@@H]([C@H](O)c1ccc(NCCCCCCO)cc1)N1CCC(Cc2ccccc2)CC1. The van der Waals surface area contributed by atoms with Crippen molar-refractivity contribution in [2.75, 3.05) is 31.6 Å². The molecule has 1 fully saturated rings. The lowest BCUT2D eigenvalue weighted by molar-refractivity contribution is 0.0373. The third-order valence-electron chi connectivity index (χ3n) is 6.72. The highest BCUT2D eigenvalue weighted by Gasteiger charge is 2.27. The summed E-state index contributed by atoms with van der Waals surface area (Å²) in [5.41, 5.74) is 3.53. The number of hydrogen-bond acceptors (Lipinski definition) is 4. The number of nitrogens with one attached hydrogen (secondary N) is 1. The van der Waals surface area contributed by atoms with E-state index >= 15 is 0 Å². The lowest BCUT2D eigenvalue weighted by Crippen LogP contribution is -2.43. The molecule has 4 nitrogen and oxygen atoms in total. The number of aliphatic hydroxyl groups is 2. The van der Waals surface area contributed by atoms with Crippen molar-refractivity contribution in [3.63, 3.8) is 0 Å². The van der Waals surface area contributed by atoms with E-state index < -0.39 is 6.10 Å². The van der Waals surface area contributed by atoms with Crippen LogP contribution >= 0.6 is 0 Å². The van der Waals surface area contributed by atoms with Crippen molar-refractivity contribution < 1.29 is 10.2 Å². The Morgan fingerprint density at radius 2 is 1.61 bits per heavy atom. The zero-order valence-corrected chi connectivity index (χ0v) is 19.0. The zero-order valence-electron chi connectivity index (χ0n) is 19.0. The Bertz CT molecular complexity index is 727. The van der Waals surface area contributed by atoms with Gasteiger partial charge in [0.2, 0.25) is 0 Å². The normalized spacial score (nSPS) is 17.4. The molecule has 0 amide bonds. The third-order valence-corrected chi connectivity index (χ3v) is 6.72. The maximum Gasteiger partial charge on any atom is 0.0942 e. The van der Waals surface area contributed by atoms with E-state index in [2.05, 4.69) is 71.7 Å². The number of likely N-dealkylation sites (tertiary alicyclic amines) is 1. The van der Waals surface area contributed by atoms with E-state index in [0.717, 1.165) is 62.5 Å². The molecular formula is C27H40N2O2. The van der Waals surface area contributed by atoms with Crippen LogP contribution in [-0.4, -0.2) is 47.4 Å². The van der Waals surface area contributed by atoms with Crippen LogP contribution in [0.1, 0.15) is 62.7 Å². The fourth-order valence-corrected chi connectivity index (χ4v) is 4.61. The monoisotopic (exact) mass is 424 g/mol. The minimum Gasteiger partial charge on any atom is -0.396 e. The highest BCUT2D eigenvalue weighted by Crippen LogP contribution is 2.28. The molecule has 0 unspecified atom stereocenters. The van der Waals surface area contributed by atoms with Crippen LogP contribution in [0.3, 0.4) is 0 Å². The molecule has 1 aliphatic heterocycles. The van der Waals surface area contributed by atoms with Gasteiger partial charge in [-0.05, 0) is 81.3 Å². The van der Waals surface area contributed by atoms with Crippen molar-refractivity contribution in [3.8, 4) is 0 Å². The highest BCUT2D eigenvalue weighted by molar-refractivity contribution is 5.45. The van der Waals surface area contributed by atoms with Crippen LogP contribution in [-0.2, 0) is 6.42 Å². The van der Waals surface area contributed by atoms with Gasteiger partial charge in [0.1, 0.15) is 0 Å². The van der Waals surface area contributed by atoms with Gasteiger partial charge in [0.05, 0.1) is 6.10 Å². The first-order valence-electron chi connectivity index (χ1n) is 12.1. The summed E-state index contributed by atoms with van der Waals surface area (Å²) in [4.78, 5) is 2.45. The van der Waals surface area contributed by atoms with Gasteiger partial charge < -0.3 is 15.5 Å². The Kier molecular flexibility index (Phi) is 9.85. The Balaban J connectivity index is 1.41. The Morgan fingerprint density at radius 1 is 0.935 bits per heavy atom. The number of aliphatic hydroxyl groups excluding tert-OH is 2. The van der Waals surface area contributed by atoms with Crippen molar-refractivity contribution in [1.29, 1.82) is 0 Å². The maximum absolute atomic E-state index is 10.9. The minimum atomic E-state index is -0.460. The summed E-state index contributed by atoms with van der Waals surface area (Å²) in [6.45, 7) is 5.51. The van der Waals surface area contributed by atoms with Gasteiger partial charge in [0, 0.05) is 24.9 Å². The van der Waals surface area contributed by atoms with E-state index in [1.807, 2.05) is 0 Å². The summed E-state index contributed by atoms with van der Waals surface area (Å²) in [5, 5.41) is 23.2. The van der Waals surface area contributed by atoms with Crippen LogP contribution in [0.15, 0.2) is 54.6 Å². The third kappa shape index (κ3) is 7.64. The number of rotatable bonds is 12. The zero-order chi connectivity index (χ0) is 21.9. The molecule has 0 aromatic heterocycles. The van der Waals surface area contributed by atoms with E-state index in [0.29, 0.717) is 6.61 Å². The van der Waals surface area contributed by atoms with Crippen molar-refractivity contribution in [2.24, 2.45) is 5.92 Å². The lowest BCUT2D eigenvalue weighted by Gasteiger charge is -2.38. The number of piperidine rings is 1. The van der Waals surface area contributed by atoms with E-state index in [9.17, 15) is 5.11 Å². The molecule has 170 valence electrons. The van der Waals surface area contributed by atoms with E-state index in [-0.39, 0.29) is 6.04 Å². The number of nitrogens with zero attached hydrogens (tertiary/aromatic N) is 1. The molecule has 3 rings (SSSR count). The molecule has 1 aliphatic rings. The first-order chi connectivity index (χ1) is 15.2. The van der Waals surface area contributed by atoms with Gasteiger partial charge in [0.25, 0.3) is 0 Å². The van der Waals surface area contributed by atoms with Crippen molar-refractivity contribution in [2.45, 2.75) is 64.0 Å². The number of anilines is 1. The predicted molar refractivity (Wildman–Crippen MR) is 129 cm³/mol. The second-order valence-electron chi connectivity index (χ2n) is 9.04. The second kappa shape index (κ2) is 12.8. The molecule has 0 bridgehead atoms. The van der Waals surface area contributed by atoms with E-state index in [1.165, 1.54) is 24.8 Å². The summed E-state index contributed by atoms with van der Waals surface area (Å²) < 4.78 is 0. The van der Waals surface area contributed by atoms with Gasteiger partial charge >= 0.3 is 0 Å². The number of hydrogen-bond donors (Lipinski definition) is 3. The van der Waals surface area contributed by atoms with Crippen LogP contribution in [0.2, 0.25) is 0 Å². The first kappa shape index (κ1) is 23.8. The smallest absolute Gasteiger partial charge is 0.0942 e. The van der Waals surface area contributed by atoms with Crippen LogP contribution in [0.4, 0.5) is 5.69 Å². The molecule has 2 aromatic carbocycles. The highest BCUT2D eigenvalue weighted by atomic mass is 16.3. The largest absolute Gasteiger partial charge is 0.396 e. The van der Waals surface area contributed by atoms with Gasteiger partial charge in [-0.15, -0.1) is 0 Å². The summed E-state index contributed by atoms with van der Waals surface area (Å²) >= 11 is 0. The number of unbranched alkanes of at least 4 members (excludes halogenated alkanes) is 3. The van der Waals surface area contributed by atoms with Gasteiger partial charge in [-0.1, -0.05) is 55.3 Å². The molecular weight excluding hydrogens is 384 g/mol. The van der Waals surface area contributed by atoms with Gasteiger partial charge in [-0.25, -0.2) is 0 Å². The topological polar surface area (TPSA) is 55.7 Å². The maximum atomic E-state index is 10.9. The Hall–Kier alpha value is -1.88. The fourth-order valence-electron chi connectivity index (χ4n) is 4.61. The standard InChI is InChI=1S/C27H40N2O2/c1-22(29-18-15-24(16-19-29)21-23-9-5-4-6-10-23)27(31)25-11-13-26(14-12-25)28-17-7-2-3-8-20-30/h4-6,9-14,22,24,27-28,30-31H,2-3,7-8,15-21H2,1H3/t22-,27-/m0/s1. The molecule has 0 spiro atoms. The summed E-state index contributed by atoms with van der Waals surface area (Å²) in [5.74, 6) is 0.747. The lowest BCUT2D eigenvalue weighted by atomic mass is 9.89. The number of benzene rings is 2. The average molecular weight is 425 g/mol. The quantitative estimate of drug-likeness (QED) is 0.418. The van der Waals surface area contributed by atoms with E-state index in [1.54, 1.807) is 0 Å². The second-order valence-corrected chi connectivity index (χ2v) is 9.04. The van der Waals surface area contributed by atoms with Crippen molar-refractivity contribution in [1.82, 2.24) is 4.90 Å². The molecule has 31 heavy (non-hydrogen) atoms. The van der Waals surface area contributed by atoms with E-state index in [4.69, 9.17) is 5.11 Å². The molecule has 0 radical (unpaired) electrons. The minimum absolute atomic E-state index is 0.128. The molecule has 3 N–H and O–H groups in total. The molecule has 1 heterocycles.